The predicted octanol–water partition coefficient (Wildman–Crippen LogP) is 2.88. The lowest BCUT2D eigenvalue weighted by Crippen LogP contribution is -2.47. The van der Waals surface area contributed by atoms with E-state index in [2.05, 4.69) is 6.07 Å². The number of carboxylic acid groups (broad SMARTS) is 1. The molecule has 1 atom stereocenters. The van der Waals surface area contributed by atoms with Gasteiger partial charge in [-0.05, 0) is 30.7 Å². The lowest BCUT2D eigenvalue weighted by atomic mass is 9.72. The monoisotopic (exact) mass is 307 g/mol. The van der Waals surface area contributed by atoms with Crippen molar-refractivity contribution in [1.82, 2.24) is 4.90 Å². The van der Waals surface area contributed by atoms with E-state index in [0.29, 0.717) is 19.5 Å². The van der Waals surface area contributed by atoms with Gasteiger partial charge >= 0.3 is 5.97 Å². The second-order valence-electron chi connectivity index (χ2n) is 6.20. The summed E-state index contributed by atoms with van der Waals surface area (Å²) in [7, 11) is 0. The molecule has 1 saturated carbocycles. The van der Waals surface area contributed by atoms with Crippen LogP contribution < -0.4 is 0 Å². The van der Waals surface area contributed by atoms with Crippen molar-refractivity contribution in [2.24, 2.45) is 5.92 Å². The number of carboxylic acids is 1. The van der Waals surface area contributed by atoms with E-state index in [9.17, 15) is 9.59 Å². The Bertz CT molecular complexity index is 520. The van der Waals surface area contributed by atoms with Crippen LogP contribution in [-0.2, 0) is 15.0 Å². The van der Waals surface area contributed by atoms with Gasteiger partial charge < -0.3 is 10.0 Å². The molecule has 1 aromatic rings. The zero-order valence-corrected chi connectivity index (χ0v) is 12.9. The van der Waals surface area contributed by atoms with Gasteiger partial charge in [-0.1, -0.05) is 25.3 Å². The maximum Gasteiger partial charge on any atom is 0.308 e. The summed E-state index contributed by atoms with van der Waals surface area (Å²) in [4.78, 5) is 27.2. The van der Waals surface area contributed by atoms with Gasteiger partial charge in [0.15, 0.2) is 0 Å². The molecule has 0 bridgehead atoms. The Labute approximate surface area is 128 Å². The van der Waals surface area contributed by atoms with Gasteiger partial charge in [-0.3, -0.25) is 9.59 Å². The van der Waals surface area contributed by atoms with E-state index in [1.54, 1.807) is 16.2 Å². The number of rotatable bonds is 3. The van der Waals surface area contributed by atoms with Gasteiger partial charge in [0.05, 0.1) is 11.3 Å². The van der Waals surface area contributed by atoms with Crippen molar-refractivity contribution >= 4 is 23.2 Å². The number of aliphatic carboxylic acids is 1. The quantitative estimate of drug-likeness (QED) is 0.934. The van der Waals surface area contributed by atoms with Gasteiger partial charge in [0, 0.05) is 18.0 Å². The van der Waals surface area contributed by atoms with Crippen molar-refractivity contribution in [3.63, 3.8) is 0 Å². The van der Waals surface area contributed by atoms with Crippen molar-refractivity contribution in [2.75, 3.05) is 13.1 Å². The van der Waals surface area contributed by atoms with E-state index < -0.39 is 11.9 Å². The number of hydrogen-bond acceptors (Lipinski definition) is 3. The molecule has 1 aliphatic carbocycles. The van der Waals surface area contributed by atoms with Crippen LogP contribution in [-0.4, -0.2) is 35.0 Å². The standard InChI is InChI=1S/C16H21NO3S/c18-14(19)12-6-9-17(11-12)15(20)16(7-2-1-3-8-16)13-5-4-10-21-13/h4-5,10,12H,1-3,6-9,11H2,(H,18,19). The van der Waals surface area contributed by atoms with Gasteiger partial charge in [-0.2, -0.15) is 0 Å². The van der Waals surface area contributed by atoms with Crippen molar-refractivity contribution in [1.29, 1.82) is 0 Å². The minimum Gasteiger partial charge on any atom is -0.481 e. The normalized spacial score (nSPS) is 25.0. The van der Waals surface area contributed by atoms with Crippen LogP contribution in [0.3, 0.4) is 0 Å². The largest absolute Gasteiger partial charge is 0.481 e. The SMILES string of the molecule is O=C(O)C1CCN(C(=O)C2(c3cccs3)CCCCC2)C1. The Balaban J connectivity index is 1.84. The van der Waals surface area contributed by atoms with E-state index in [4.69, 9.17) is 5.11 Å². The first-order chi connectivity index (χ1) is 10.1. The molecule has 0 radical (unpaired) electrons. The fourth-order valence-corrected chi connectivity index (χ4v) is 4.70. The molecule has 2 fully saturated rings. The molecule has 1 amide bonds. The van der Waals surface area contributed by atoms with Crippen LogP contribution >= 0.6 is 11.3 Å². The predicted molar refractivity (Wildman–Crippen MR) is 81.4 cm³/mol. The zero-order chi connectivity index (χ0) is 14.9. The average Bonchev–Trinajstić information content (AvgIpc) is 3.18. The molecular formula is C16H21NO3S. The maximum atomic E-state index is 13.1. The lowest BCUT2D eigenvalue weighted by molar-refractivity contribution is -0.142. The molecule has 0 spiro atoms. The Morgan fingerprint density at radius 3 is 2.62 bits per heavy atom. The van der Waals surface area contributed by atoms with Gasteiger partial charge in [-0.25, -0.2) is 0 Å². The number of amides is 1. The van der Waals surface area contributed by atoms with E-state index in [1.165, 1.54) is 6.42 Å². The highest BCUT2D eigenvalue weighted by Crippen LogP contribution is 2.43. The van der Waals surface area contributed by atoms with Crippen LogP contribution in [0.1, 0.15) is 43.4 Å². The molecule has 0 aromatic carbocycles. The minimum atomic E-state index is -0.779. The minimum absolute atomic E-state index is 0.161. The summed E-state index contributed by atoms with van der Waals surface area (Å²) >= 11 is 1.66. The summed E-state index contributed by atoms with van der Waals surface area (Å²) in [6.45, 7) is 0.963. The molecule has 114 valence electrons. The van der Waals surface area contributed by atoms with Crippen LogP contribution in [0.25, 0.3) is 0 Å². The Morgan fingerprint density at radius 2 is 2.05 bits per heavy atom. The third-order valence-corrected chi connectivity index (χ3v) is 6.01. The van der Waals surface area contributed by atoms with Gasteiger partial charge in [0.2, 0.25) is 5.91 Å². The zero-order valence-electron chi connectivity index (χ0n) is 12.1. The summed E-state index contributed by atoms with van der Waals surface area (Å²) in [6.07, 6.45) is 5.75. The number of hydrogen-bond donors (Lipinski definition) is 1. The molecule has 5 heteroatoms. The van der Waals surface area contributed by atoms with E-state index >= 15 is 0 Å². The summed E-state index contributed by atoms with van der Waals surface area (Å²) in [5, 5.41) is 11.2. The molecule has 4 nitrogen and oxygen atoms in total. The molecule has 3 rings (SSSR count). The molecule has 1 N–H and O–H groups in total. The van der Waals surface area contributed by atoms with Crippen molar-refractivity contribution in [3.8, 4) is 0 Å². The van der Waals surface area contributed by atoms with Gasteiger partial charge in [-0.15, -0.1) is 11.3 Å². The molecule has 2 heterocycles. The van der Waals surface area contributed by atoms with Crippen molar-refractivity contribution in [2.45, 2.75) is 43.9 Å². The van der Waals surface area contributed by atoms with Crippen molar-refractivity contribution < 1.29 is 14.7 Å². The molecule has 21 heavy (non-hydrogen) atoms. The first kappa shape index (κ1) is 14.6. The Morgan fingerprint density at radius 1 is 1.29 bits per heavy atom. The number of carbonyl (C=O) groups is 2. The van der Waals surface area contributed by atoms with E-state index in [-0.39, 0.29) is 11.3 Å². The summed E-state index contributed by atoms with van der Waals surface area (Å²) in [6, 6.07) is 4.08. The third-order valence-electron chi connectivity index (χ3n) is 4.93. The molecule has 1 aromatic heterocycles. The van der Waals surface area contributed by atoms with Crippen molar-refractivity contribution in [3.05, 3.63) is 22.4 Å². The van der Waals surface area contributed by atoms with Crippen LogP contribution in [0.5, 0.6) is 0 Å². The van der Waals surface area contributed by atoms with Crippen LogP contribution in [0.15, 0.2) is 17.5 Å². The smallest absolute Gasteiger partial charge is 0.308 e. The van der Waals surface area contributed by atoms with Gasteiger partial charge in [0.25, 0.3) is 0 Å². The van der Waals surface area contributed by atoms with Crippen LogP contribution in [0, 0.1) is 5.92 Å². The van der Waals surface area contributed by atoms with Crippen LogP contribution in [0.4, 0.5) is 0 Å². The number of likely N-dealkylation sites (tertiary alicyclic amines) is 1. The average molecular weight is 307 g/mol. The van der Waals surface area contributed by atoms with E-state index in [0.717, 1.165) is 30.6 Å². The number of carbonyl (C=O) groups excluding carboxylic acids is 1. The summed E-state index contributed by atoms with van der Waals surface area (Å²) in [5.41, 5.74) is -0.389. The second-order valence-corrected chi connectivity index (χ2v) is 7.14. The second kappa shape index (κ2) is 5.79. The fourth-order valence-electron chi connectivity index (χ4n) is 3.72. The summed E-state index contributed by atoms with van der Waals surface area (Å²) < 4.78 is 0. The summed E-state index contributed by atoms with van der Waals surface area (Å²) in [5.74, 6) is -1.01. The molecule has 1 unspecified atom stereocenters. The van der Waals surface area contributed by atoms with E-state index in [1.807, 2.05) is 11.4 Å². The van der Waals surface area contributed by atoms with Gasteiger partial charge in [0.1, 0.15) is 0 Å². The molecule has 1 saturated heterocycles. The third kappa shape index (κ3) is 2.59. The highest BCUT2D eigenvalue weighted by molar-refractivity contribution is 7.10. The van der Waals surface area contributed by atoms with Crippen LogP contribution in [0.2, 0.25) is 0 Å². The lowest BCUT2D eigenvalue weighted by Gasteiger charge is -2.38. The molecule has 2 aliphatic rings. The first-order valence-electron chi connectivity index (χ1n) is 7.70. The molecule has 1 aliphatic heterocycles. The maximum absolute atomic E-state index is 13.1. The Hall–Kier alpha value is -1.36. The number of nitrogens with zero attached hydrogens (tertiary/aromatic N) is 1. The topological polar surface area (TPSA) is 57.6 Å². The Kier molecular flexibility index (Phi) is 4.02. The highest BCUT2D eigenvalue weighted by atomic mass is 32.1. The molecular weight excluding hydrogens is 286 g/mol. The number of thiophene rings is 1. The first-order valence-corrected chi connectivity index (χ1v) is 8.58. The fraction of sp³-hybridized carbons (Fsp3) is 0.625. The highest BCUT2D eigenvalue weighted by Gasteiger charge is 2.46.